The molecule has 1 N–H and O–H groups in total. The lowest BCUT2D eigenvalue weighted by atomic mass is 9.98. The first kappa shape index (κ1) is 13.3. The summed E-state index contributed by atoms with van der Waals surface area (Å²) in [7, 11) is 0. The Labute approximate surface area is 98.4 Å². The molecule has 2 nitrogen and oxygen atoms in total. The zero-order chi connectivity index (χ0) is 11.1. The monoisotopic (exact) mass is 231 g/mol. The number of likely N-dealkylation sites (tertiary alicyclic amines) is 1. The second-order valence-corrected chi connectivity index (χ2v) is 6.14. The Morgan fingerprint density at radius 1 is 1.33 bits per heavy atom. The smallest absolute Gasteiger partial charge is 0.0632 e. The first-order valence-corrected chi connectivity index (χ1v) is 7.32. The molecule has 90 valence electrons. The van der Waals surface area contributed by atoms with Gasteiger partial charge in [0.15, 0.2) is 0 Å². The highest BCUT2D eigenvalue weighted by atomic mass is 32.2. The van der Waals surface area contributed by atoms with Crippen LogP contribution in [0.4, 0.5) is 0 Å². The van der Waals surface area contributed by atoms with Crippen LogP contribution in [0.15, 0.2) is 0 Å². The van der Waals surface area contributed by atoms with Crippen LogP contribution in [0.2, 0.25) is 0 Å². The topological polar surface area (TPSA) is 23.5 Å². The van der Waals surface area contributed by atoms with Crippen LogP contribution >= 0.6 is 11.8 Å². The highest BCUT2D eigenvalue weighted by Gasteiger charge is 2.24. The molecule has 1 rings (SSSR count). The van der Waals surface area contributed by atoms with Crippen molar-refractivity contribution in [3.8, 4) is 0 Å². The lowest BCUT2D eigenvalue weighted by Crippen LogP contribution is -2.29. The molecule has 1 aliphatic heterocycles. The summed E-state index contributed by atoms with van der Waals surface area (Å²) in [6.45, 7) is 7.65. The molecule has 0 amide bonds. The van der Waals surface area contributed by atoms with E-state index in [1.54, 1.807) is 0 Å². The number of aliphatic hydroxyl groups is 1. The molecule has 1 saturated heterocycles. The molecule has 0 radical (unpaired) electrons. The summed E-state index contributed by atoms with van der Waals surface area (Å²) in [5, 5.41) is 9.95. The SMILES string of the molecule is CCSCCCN1CCCC(C)(O)CC1. The summed E-state index contributed by atoms with van der Waals surface area (Å²) in [6, 6.07) is 0. The fraction of sp³-hybridized carbons (Fsp3) is 1.00. The molecule has 3 heteroatoms. The molecular formula is C12H25NOS. The summed E-state index contributed by atoms with van der Waals surface area (Å²) >= 11 is 2.03. The van der Waals surface area contributed by atoms with E-state index in [1.165, 1.54) is 31.0 Å². The average molecular weight is 231 g/mol. The van der Waals surface area contributed by atoms with Gasteiger partial charge < -0.3 is 10.0 Å². The minimum Gasteiger partial charge on any atom is -0.390 e. The van der Waals surface area contributed by atoms with E-state index in [4.69, 9.17) is 0 Å². The van der Waals surface area contributed by atoms with Crippen molar-refractivity contribution in [3.63, 3.8) is 0 Å². The van der Waals surface area contributed by atoms with Crippen LogP contribution in [0.5, 0.6) is 0 Å². The van der Waals surface area contributed by atoms with Crippen molar-refractivity contribution >= 4 is 11.8 Å². The van der Waals surface area contributed by atoms with Gasteiger partial charge in [0, 0.05) is 6.54 Å². The largest absolute Gasteiger partial charge is 0.390 e. The average Bonchev–Trinajstić information content (AvgIpc) is 2.35. The molecule has 0 aromatic heterocycles. The Balaban J connectivity index is 2.14. The third-order valence-corrected chi connectivity index (χ3v) is 4.11. The van der Waals surface area contributed by atoms with Crippen LogP contribution in [-0.2, 0) is 0 Å². The van der Waals surface area contributed by atoms with E-state index in [1.807, 2.05) is 18.7 Å². The maximum atomic E-state index is 9.95. The second kappa shape index (κ2) is 6.77. The summed E-state index contributed by atoms with van der Waals surface area (Å²) in [4.78, 5) is 2.51. The Morgan fingerprint density at radius 2 is 2.13 bits per heavy atom. The zero-order valence-corrected chi connectivity index (χ0v) is 11.0. The molecule has 0 bridgehead atoms. The maximum Gasteiger partial charge on any atom is 0.0632 e. The molecule has 0 aliphatic carbocycles. The lowest BCUT2D eigenvalue weighted by Gasteiger charge is -2.22. The van der Waals surface area contributed by atoms with Crippen LogP contribution in [-0.4, -0.2) is 46.7 Å². The molecule has 1 unspecified atom stereocenters. The molecule has 0 aromatic carbocycles. The predicted octanol–water partition coefficient (Wildman–Crippen LogP) is 2.37. The fourth-order valence-corrected chi connectivity index (χ4v) is 2.70. The maximum absolute atomic E-state index is 9.95. The van der Waals surface area contributed by atoms with E-state index in [0.29, 0.717) is 0 Å². The second-order valence-electron chi connectivity index (χ2n) is 4.74. The minimum atomic E-state index is -0.410. The standard InChI is InChI=1S/C12H25NOS/c1-3-15-11-5-9-13-8-4-6-12(2,14)7-10-13/h14H,3-11H2,1-2H3. The first-order chi connectivity index (χ1) is 7.14. The normalized spacial score (nSPS) is 29.0. The molecule has 1 atom stereocenters. The van der Waals surface area contributed by atoms with E-state index in [0.717, 1.165) is 25.8 Å². The number of thioether (sulfide) groups is 1. The number of rotatable bonds is 5. The minimum absolute atomic E-state index is 0.410. The lowest BCUT2D eigenvalue weighted by molar-refractivity contribution is 0.0447. The molecule has 1 fully saturated rings. The van der Waals surface area contributed by atoms with Gasteiger partial charge >= 0.3 is 0 Å². The van der Waals surface area contributed by atoms with Crippen LogP contribution in [0, 0.1) is 0 Å². The van der Waals surface area contributed by atoms with Gasteiger partial charge in [0.25, 0.3) is 0 Å². The molecule has 15 heavy (non-hydrogen) atoms. The fourth-order valence-electron chi connectivity index (χ4n) is 2.08. The Bertz CT molecular complexity index is 173. The molecular weight excluding hydrogens is 206 g/mol. The van der Waals surface area contributed by atoms with E-state index in [2.05, 4.69) is 11.8 Å². The third-order valence-electron chi connectivity index (χ3n) is 3.12. The Hall–Kier alpha value is 0.270. The summed E-state index contributed by atoms with van der Waals surface area (Å²) in [6.07, 6.45) is 4.34. The van der Waals surface area contributed by atoms with Crippen molar-refractivity contribution in [3.05, 3.63) is 0 Å². The molecule has 0 aromatic rings. The molecule has 1 heterocycles. The first-order valence-electron chi connectivity index (χ1n) is 6.16. The summed E-state index contributed by atoms with van der Waals surface area (Å²) in [5.41, 5.74) is -0.410. The highest BCUT2D eigenvalue weighted by molar-refractivity contribution is 7.99. The van der Waals surface area contributed by atoms with Crippen LogP contribution in [0.3, 0.4) is 0 Å². The van der Waals surface area contributed by atoms with Crippen LogP contribution in [0.1, 0.15) is 39.5 Å². The van der Waals surface area contributed by atoms with Crippen molar-refractivity contribution < 1.29 is 5.11 Å². The van der Waals surface area contributed by atoms with Crippen LogP contribution in [0.25, 0.3) is 0 Å². The number of nitrogens with zero attached hydrogens (tertiary/aromatic N) is 1. The van der Waals surface area contributed by atoms with Gasteiger partial charge in [0.2, 0.25) is 0 Å². The summed E-state index contributed by atoms with van der Waals surface area (Å²) in [5.74, 6) is 2.51. The van der Waals surface area contributed by atoms with Gasteiger partial charge in [-0.1, -0.05) is 6.92 Å². The quantitative estimate of drug-likeness (QED) is 0.735. The zero-order valence-electron chi connectivity index (χ0n) is 10.2. The van der Waals surface area contributed by atoms with Crippen molar-refractivity contribution in [2.24, 2.45) is 0 Å². The third kappa shape index (κ3) is 5.79. The van der Waals surface area contributed by atoms with Gasteiger partial charge in [-0.2, -0.15) is 11.8 Å². The predicted molar refractivity (Wildman–Crippen MR) is 68.5 cm³/mol. The van der Waals surface area contributed by atoms with Gasteiger partial charge in [-0.05, 0) is 57.2 Å². The van der Waals surface area contributed by atoms with Gasteiger partial charge in [-0.25, -0.2) is 0 Å². The molecule has 1 aliphatic rings. The van der Waals surface area contributed by atoms with E-state index < -0.39 is 5.60 Å². The van der Waals surface area contributed by atoms with E-state index in [9.17, 15) is 5.11 Å². The summed E-state index contributed by atoms with van der Waals surface area (Å²) < 4.78 is 0. The van der Waals surface area contributed by atoms with Crippen molar-refractivity contribution in [1.29, 1.82) is 0 Å². The Kier molecular flexibility index (Phi) is 6.02. The van der Waals surface area contributed by atoms with Gasteiger partial charge in [-0.3, -0.25) is 0 Å². The molecule has 0 saturated carbocycles. The Morgan fingerprint density at radius 3 is 2.87 bits per heavy atom. The van der Waals surface area contributed by atoms with Crippen molar-refractivity contribution in [2.45, 2.75) is 45.1 Å². The highest BCUT2D eigenvalue weighted by Crippen LogP contribution is 2.21. The number of hydrogen-bond donors (Lipinski definition) is 1. The van der Waals surface area contributed by atoms with Crippen molar-refractivity contribution in [2.75, 3.05) is 31.1 Å². The van der Waals surface area contributed by atoms with E-state index >= 15 is 0 Å². The van der Waals surface area contributed by atoms with Gasteiger partial charge in [-0.15, -0.1) is 0 Å². The van der Waals surface area contributed by atoms with E-state index in [-0.39, 0.29) is 0 Å². The molecule has 0 spiro atoms. The van der Waals surface area contributed by atoms with Gasteiger partial charge in [0.1, 0.15) is 0 Å². The number of hydrogen-bond acceptors (Lipinski definition) is 3. The van der Waals surface area contributed by atoms with Crippen LogP contribution < -0.4 is 0 Å². The van der Waals surface area contributed by atoms with Crippen molar-refractivity contribution in [1.82, 2.24) is 4.90 Å². The van der Waals surface area contributed by atoms with Gasteiger partial charge in [0.05, 0.1) is 5.60 Å².